The third kappa shape index (κ3) is 3.15. The fraction of sp³-hybridized carbons (Fsp3) is 0.733. The van der Waals surface area contributed by atoms with Crippen molar-refractivity contribution >= 4 is 0 Å². The molecule has 0 aromatic carbocycles. The highest BCUT2D eigenvalue weighted by atomic mass is 16.5. The Morgan fingerprint density at radius 1 is 1.39 bits per heavy atom. The molecule has 102 valence electrons. The second-order valence-corrected chi connectivity index (χ2v) is 6.05. The lowest BCUT2D eigenvalue weighted by molar-refractivity contribution is -0.0640. The first-order chi connectivity index (χ1) is 8.37. The van der Waals surface area contributed by atoms with Crippen LogP contribution in [-0.2, 0) is 4.74 Å². The zero-order chi connectivity index (χ0) is 13.3. The van der Waals surface area contributed by atoms with Crippen molar-refractivity contribution in [2.75, 3.05) is 6.61 Å². The van der Waals surface area contributed by atoms with E-state index in [4.69, 9.17) is 9.15 Å². The summed E-state index contributed by atoms with van der Waals surface area (Å²) in [6.07, 6.45) is 2.15. The molecule has 1 aliphatic heterocycles. The average Bonchev–Trinajstić information content (AvgIpc) is 2.56. The molecule has 0 spiro atoms. The summed E-state index contributed by atoms with van der Waals surface area (Å²) in [6.45, 7) is 11.4. The van der Waals surface area contributed by atoms with Gasteiger partial charge in [-0.15, -0.1) is 0 Å². The zero-order valence-corrected chi connectivity index (χ0v) is 12.2. The number of ether oxygens (including phenoxy) is 1. The van der Waals surface area contributed by atoms with E-state index >= 15 is 0 Å². The SMILES string of the molecule is Cc1cc(C(C)NC2CCOC(C)(C)C2)c(C)o1. The molecule has 2 unspecified atom stereocenters. The third-order valence-corrected chi connectivity index (χ3v) is 3.73. The number of rotatable bonds is 3. The summed E-state index contributed by atoms with van der Waals surface area (Å²) < 4.78 is 11.4. The predicted molar refractivity (Wildman–Crippen MR) is 72.8 cm³/mol. The summed E-state index contributed by atoms with van der Waals surface area (Å²) in [6, 6.07) is 3.00. The predicted octanol–water partition coefficient (Wildman–Crippen LogP) is 3.50. The first-order valence-electron chi connectivity index (χ1n) is 6.84. The normalized spacial score (nSPS) is 25.1. The Labute approximate surface area is 110 Å². The van der Waals surface area contributed by atoms with Gasteiger partial charge in [0.15, 0.2) is 0 Å². The van der Waals surface area contributed by atoms with Crippen LogP contribution >= 0.6 is 0 Å². The monoisotopic (exact) mass is 251 g/mol. The lowest BCUT2D eigenvalue weighted by atomic mass is 9.93. The van der Waals surface area contributed by atoms with Gasteiger partial charge in [0.2, 0.25) is 0 Å². The van der Waals surface area contributed by atoms with Crippen molar-refractivity contribution in [1.29, 1.82) is 0 Å². The van der Waals surface area contributed by atoms with Gasteiger partial charge in [0, 0.05) is 24.3 Å². The maximum absolute atomic E-state index is 5.75. The molecule has 3 heteroatoms. The Morgan fingerprint density at radius 2 is 2.11 bits per heavy atom. The summed E-state index contributed by atoms with van der Waals surface area (Å²) in [4.78, 5) is 0. The highest BCUT2D eigenvalue weighted by Gasteiger charge is 2.29. The van der Waals surface area contributed by atoms with Gasteiger partial charge in [-0.25, -0.2) is 0 Å². The molecule has 1 saturated heterocycles. The van der Waals surface area contributed by atoms with Gasteiger partial charge < -0.3 is 14.5 Å². The molecule has 0 bridgehead atoms. The molecular formula is C15H25NO2. The largest absolute Gasteiger partial charge is 0.466 e. The number of furan rings is 1. The topological polar surface area (TPSA) is 34.4 Å². The summed E-state index contributed by atoms with van der Waals surface area (Å²) in [5.74, 6) is 2.02. The minimum Gasteiger partial charge on any atom is -0.466 e. The van der Waals surface area contributed by atoms with Crippen LogP contribution in [0.1, 0.15) is 56.7 Å². The molecule has 0 amide bonds. The molecule has 2 rings (SSSR count). The molecule has 1 aromatic rings. The molecule has 0 radical (unpaired) electrons. The molecule has 1 aromatic heterocycles. The minimum atomic E-state index is -0.00298. The molecule has 1 N–H and O–H groups in total. The van der Waals surface area contributed by atoms with Crippen molar-refractivity contribution in [3.05, 3.63) is 23.2 Å². The van der Waals surface area contributed by atoms with E-state index in [1.165, 1.54) is 5.56 Å². The fourth-order valence-electron chi connectivity index (χ4n) is 2.90. The highest BCUT2D eigenvalue weighted by molar-refractivity contribution is 5.23. The molecule has 0 aliphatic carbocycles. The van der Waals surface area contributed by atoms with Crippen LogP contribution in [-0.4, -0.2) is 18.2 Å². The van der Waals surface area contributed by atoms with E-state index in [2.05, 4.69) is 32.2 Å². The maximum Gasteiger partial charge on any atom is 0.105 e. The van der Waals surface area contributed by atoms with Crippen molar-refractivity contribution in [2.24, 2.45) is 0 Å². The molecule has 1 aliphatic rings. The molecule has 1 fully saturated rings. The first-order valence-corrected chi connectivity index (χ1v) is 6.84. The summed E-state index contributed by atoms with van der Waals surface area (Å²) >= 11 is 0. The maximum atomic E-state index is 5.75. The first kappa shape index (κ1) is 13.6. The number of aryl methyl sites for hydroxylation is 2. The third-order valence-electron chi connectivity index (χ3n) is 3.73. The Morgan fingerprint density at radius 3 is 2.67 bits per heavy atom. The van der Waals surface area contributed by atoms with E-state index in [-0.39, 0.29) is 5.60 Å². The van der Waals surface area contributed by atoms with Gasteiger partial charge in [0.25, 0.3) is 0 Å². The average molecular weight is 251 g/mol. The Balaban J connectivity index is 1.99. The van der Waals surface area contributed by atoms with Gasteiger partial charge in [-0.05, 0) is 53.5 Å². The van der Waals surface area contributed by atoms with E-state index in [9.17, 15) is 0 Å². The Kier molecular flexibility index (Phi) is 3.83. The van der Waals surface area contributed by atoms with E-state index < -0.39 is 0 Å². The number of hydrogen-bond donors (Lipinski definition) is 1. The minimum absolute atomic E-state index is 0.00298. The molecule has 0 saturated carbocycles. The van der Waals surface area contributed by atoms with Gasteiger partial charge >= 0.3 is 0 Å². The summed E-state index contributed by atoms with van der Waals surface area (Å²) in [5.41, 5.74) is 1.27. The summed E-state index contributed by atoms with van der Waals surface area (Å²) in [7, 11) is 0. The molecular weight excluding hydrogens is 226 g/mol. The van der Waals surface area contributed by atoms with Crippen LogP contribution in [0.25, 0.3) is 0 Å². The lowest BCUT2D eigenvalue weighted by Gasteiger charge is -2.37. The highest BCUT2D eigenvalue weighted by Crippen LogP contribution is 2.27. The van der Waals surface area contributed by atoms with Crippen LogP contribution in [0.15, 0.2) is 10.5 Å². The van der Waals surface area contributed by atoms with Crippen molar-refractivity contribution in [3.8, 4) is 0 Å². The van der Waals surface area contributed by atoms with Gasteiger partial charge in [0.1, 0.15) is 11.5 Å². The van der Waals surface area contributed by atoms with Gasteiger partial charge in [0.05, 0.1) is 5.60 Å². The van der Waals surface area contributed by atoms with Gasteiger partial charge in [-0.2, -0.15) is 0 Å². The molecule has 2 atom stereocenters. The van der Waals surface area contributed by atoms with Crippen LogP contribution in [0.4, 0.5) is 0 Å². The van der Waals surface area contributed by atoms with Gasteiger partial charge in [-0.3, -0.25) is 0 Å². The summed E-state index contributed by atoms with van der Waals surface area (Å²) in [5, 5.41) is 3.70. The van der Waals surface area contributed by atoms with E-state index in [1.807, 2.05) is 13.8 Å². The van der Waals surface area contributed by atoms with Crippen molar-refractivity contribution in [3.63, 3.8) is 0 Å². The van der Waals surface area contributed by atoms with Crippen molar-refractivity contribution in [1.82, 2.24) is 5.32 Å². The van der Waals surface area contributed by atoms with E-state index in [0.29, 0.717) is 12.1 Å². The molecule has 2 heterocycles. The standard InChI is InChI=1S/C15H25NO2/c1-10-8-14(12(3)18-10)11(2)16-13-6-7-17-15(4,5)9-13/h8,11,13,16H,6-7,9H2,1-5H3. The smallest absolute Gasteiger partial charge is 0.105 e. The number of hydrogen-bond acceptors (Lipinski definition) is 3. The zero-order valence-electron chi connectivity index (χ0n) is 12.2. The van der Waals surface area contributed by atoms with Crippen LogP contribution in [0.5, 0.6) is 0 Å². The fourth-order valence-corrected chi connectivity index (χ4v) is 2.90. The second-order valence-electron chi connectivity index (χ2n) is 6.05. The van der Waals surface area contributed by atoms with Gasteiger partial charge in [-0.1, -0.05) is 0 Å². The Hall–Kier alpha value is -0.800. The molecule has 18 heavy (non-hydrogen) atoms. The lowest BCUT2D eigenvalue weighted by Crippen LogP contribution is -2.44. The second kappa shape index (κ2) is 5.06. The Bertz CT molecular complexity index is 409. The van der Waals surface area contributed by atoms with Crippen molar-refractivity contribution in [2.45, 2.75) is 65.1 Å². The van der Waals surface area contributed by atoms with Crippen molar-refractivity contribution < 1.29 is 9.15 Å². The van der Waals surface area contributed by atoms with E-state index in [1.54, 1.807) is 0 Å². The van der Waals surface area contributed by atoms with Crippen LogP contribution in [0.2, 0.25) is 0 Å². The van der Waals surface area contributed by atoms with Crippen LogP contribution < -0.4 is 5.32 Å². The van der Waals surface area contributed by atoms with Crippen LogP contribution in [0.3, 0.4) is 0 Å². The van der Waals surface area contributed by atoms with Crippen LogP contribution in [0, 0.1) is 13.8 Å². The number of nitrogens with one attached hydrogen (secondary N) is 1. The quantitative estimate of drug-likeness (QED) is 0.892. The van der Waals surface area contributed by atoms with E-state index in [0.717, 1.165) is 31.0 Å². The molecule has 3 nitrogen and oxygen atoms in total.